The first-order chi connectivity index (χ1) is 11.6. The van der Waals surface area contributed by atoms with Gasteiger partial charge in [-0.15, -0.1) is 0 Å². The molecule has 2 heterocycles. The van der Waals surface area contributed by atoms with E-state index in [2.05, 4.69) is 31.9 Å². The molecular weight excluding hydrogens is 302 g/mol. The number of nitrogens with zero attached hydrogens (tertiary/aromatic N) is 4. The quantitative estimate of drug-likeness (QED) is 0.898. The second-order valence-electron chi connectivity index (χ2n) is 7.57. The summed E-state index contributed by atoms with van der Waals surface area (Å²) in [5.74, 6) is 3.35. The van der Waals surface area contributed by atoms with Crippen LogP contribution in [-0.4, -0.2) is 57.1 Å². The second-order valence-corrected chi connectivity index (χ2v) is 7.57. The number of hydrogen-bond acceptors (Lipinski definition) is 4. The Bertz CT molecular complexity index is 529. The molecule has 0 unspecified atom stereocenters. The summed E-state index contributed by atoms with van der Waals surface area (Å²) >= 11 is 0. The zero-order chi connectivity index (χ0) is 16.9. The summed E-state index contributed by atoms with van der Waals surface area (Å²) in [7, 11) is 0. The molecule has 1 N–H and O–H groups in total. The molecular formula is C18H31N5O. The maximum absolute atomic E-state index is 12.6. The van der Waals surface area contributed by atoms with Crippen LogP contribution in [0.3, 0.4) is 0 Å². The Morgan fingerprint density at radius 1 is 1.21 bits per heavy atom. The van der Waals surface area contributed by atoms with Crippen LogP contribution in [0.5, 0.6) is 0 Å². The van der Waals surface area contributed by atoms with Crippen molar-refractivity contribution in [3.8, 4) is 0 Å². The lowest BCUT2D eigenvalue weighted by molar-refractivity contribution is -0.134. The van der Waals surface area contributed by atoms with Gasteiger partial charge in [0.15, 0.2) is 5.82 Å². The van der Waals surface area contributed by atoms with Crippen LogP contribution in [0.15, 0.2) is 0 Å². The van der Waals surface area contributed by atoms with Crippen LogP contribution in [-0.2, 0) is 11.3 Å². The Labute approximate surface area is 145 Å². The minimum atomic E-state index is 0.349. The molecule has 1 amide bonds. The first-order valence-corrected chi connectivity index (χ1v) is 9.50. The fourth-order valence-corrected chi connectivity index (χ4v) is 4.09. The molecule has 24 heavy (non-hydrogen) atoms. The van der Waals surface area contributed by atoms with E-state index in [1.807, 2.05) is 6.92 Å². The third-order valence-corrected chi connectivity index (χ3v) is 5.68. The molecule has 2 aliphatic rings. The molecule has 0 aromatic carbocycles. The number of piperazine rings is 1. The Hall–Kier alpha value is -1.43. The topological polar surface area (TPSA) is 65.1 Å². The van der Waals surface area contributed by atoms with E-state index in [1.165, 1.54) is 32.1 Å². The molecule has 1 aliphatic heterocycles. The lowest BCUT2D eigenvalue weighted by Crippen LogP contribution is -2.48. The van der Waals surface area contributed by atoms with Gasteiger partial charge in [-0.3, -0.25) is 14.8 Å². The van der Waals surface area contributed by atoms with Gasteiger partial charge in [-0.2, -0.15) is 5.10 Å². The molecule has 0 spiro atoms. The summed E-state index contributed by atoms with van der Waals surface area (Å²) in [5, 5.41) is 7.08. The Balaban J connectivity index is 1.41. The van der Waals surface area contributed by atoms with Crippen molar-refractivity contribution in [3.05, 3.63) is 11.6 Å². The zero-order valence-electron chi connectivity index (χ0n) is 15.1. The molecule has 6 heteroatoms. The minimum Gasteiger partial charge on any atom is -0.340 e. The predicted octanol–water partition coefficient (Wildman–Crippen LogP) is 2.36. The Kier molecular flexibility index (Phi) is 5.87. The van der Waals surface area contributed by atoms with Crippen molar-refractivity contribution >= 4 is 5.91 Å². The van der Waals surface area contributed by atoms with E-state index in [4.69, 9.17) is 0 Å². The first kappa shape index (κ1) is 17.4. The lowest BCUT2D eigenvalue weighted by Gasteiger charge is -2.35. The highest BCUT2D eigenvalue weighted by Gasteiger charge is 2.26. The van der Waals surface area contributed by atoms with E-state index in [0.29, 0.717) is 11.8 Å². The van der Waals surface area contributed by atoms with Gasteiger partial charge in [0.25, 0.3) is 0 Å². The first-order valence-electron chi connectivity index (χ1n) is 9.50. The highest BCUT2D eigenvalue weighted by atomic mass is 16.2. The number of H-pyrrole nitrogens is 1. The number of amides is 1. The van der Waals surface area contributed by atoms with Crippen LogP contribution in [0.4, 0.5) is 0 Å². The molecule has 1 saturated carbocycles. The number of aromatic nitrogens is 3. The van der Waals surface area contributed by atoms with Crippen LogP contribution < -0.4 is 0 Å². The van der Waals surface area contributed by atoms with Crippen molar-refractivity contribution in [2.24, 2.45) is 11.8 Å². The van der Waals surface area contributed by atoms with Gasteiger partial charge < -0.3 is 4.90 Å². The van der Waals surface area contributed by atoms with Crippen LogP contribution in [0.2, 0.25) is 0 Å². The van der Waals surface area contributed by atoms with Crippen molar-refractivity contribution in [3.63, 3.8) is 0 Å². The van der Waals surface area contributed by atoms with Gasteiger partial charge in [0.05, 0.1) is 6.54 Å². The van der Waals surface area contributed by atoms with Gasteiger partial charge in [-0.25, -0.2) is 4.98 Å². The van der Waals surface area contributed by atoms with Crippen LogP contribution in [0.1, 0.15) is 57.1 Å². The third-order valence-electron chi connectivity index (χ3n) is 5.68. The number of rotatable bonds is 5. The number of aromatic amines is 1. The molecule has 134 valence electrons. The van der Waals surface area contributed by atoms with Gasteiger partial charge in [0.2, 0.25) is 5.91 Å². The average Bonchev–Trinajstić information content (AvgIpc) is 3.01. The number of aryl methyl sites for hydroxylation is 1. The number of carbonyl (C=O) groups is 1. The van der Waals surface area contributed by atoms with Crippen molar-refractivity contribution < 1.29 is 4.79 Å². The Morgan fingerprint density at radius 2 is 1.92 bits per heavy atom. The monoisotopic (exact) mass is 333 g/mol. The smallest absolute Gasteiger partial charge is 0.222 e. The maximum atomic E-state index is 12.6. The third kappa shape index (κ3) is 4.56. The largest absolute Gasteiger partial charge is 0.340 e. The van der Waals surface area contributed by atoms with Gasteiger partial charge in [-0.1, -0.05) is 39.0 Å². The van der Waals surface area contributed by atoms with Crippen LogP contribution >= 0.6 is 0 Å². The summed E-state index contributed by atoms with van der Waals surface area (Å²) in [5.41, 5.74) is 0. The summed E-state index contributed by atoms with van der Waals surface area (Å²) in [6.07, 6.45) is 7.44. The summed E-state index contributed by atoms with van der Waals surface area (Å²) in [4.78, 5) is 21.3. The highest BCUT2D eigenvalue weighted by molar-refractivity contribution is 5.76. The van der Waals surface area contributed by atoms with Crippen molar-refractivity contribution in [1.29, 1.82) is 0 Å². The average molecular weight is 333 g/mol. The van der Waals surface area contributed by atoms with E-state index in [0.717, 1.165) is 56.7 Å². The minimum absolute atomic E-state index is 0.349. The van der Waals surface area contributed by atoms with Crippen LogP contribution in [0.25, 0.3) is 0 Å². The number of hydrogen-bond donors (Lipinski definition) is 1. The van der Waals surface area contributed by atoms with Crippen LogP contribution in [0, 0.1) is 18.8 Å². The molecule has 1 aromatic heterocycles. The summed E-state index contributed by atoms with van der Waals surface area (Å²) in [6, 6.07) is 0. The SMILES string of the molecule is Cc1nc(CN2CCN(C(=O)C[C@@H](C)C3CCCCC3)CC2)n[nH]1. The number of nitrogens with one attached hydrogen (secondary N) is 1. The van der Waals surface area contributed by atoms with Crippen molar-refractivity contribution in [2.75, 3.05) is 26.2 Å². The predicted molar refractivity (Wildman–Crippen MR) is 93.3 cm³/mol. The van der Waals surface area contributed by atoms with Gasteiger partial charge in [0.1, 0.15) is 5.82 Å². The molecule has 0 bridgehead atoms. The normalized spacial score (nSPS) is 21.8. The van der Waals surface area contributed by atoms with E-state index < -0.39 is 0 Å². The molecule has 2 fully saturated rings. The molecule has 1 aliphatic carbocycles. The van der Waals surface area contributed by atoms with Gasteiger partial charge in [-0.05, 0) is 18.8 Å². The van der Waals surface area contributed by atoms with E-state index in [-0.39, 0.29) is 0 Å². The summed E-state index contributed by atoms with van der Waals surface area (Å²) < 4.78 is 0. The standard InChI is InChI=1S/C18H31N5O/c1-14(16-6-4-3-5-7-16)12-18(24)23-10-8-22(9-11-23)13-17-19-15(2)20-21-17/h14,16H,3-13H2,1-2H3,(H,19,20,21)/t14-/m1/s1. The number of carbonyl (C=O) groups excluding carboxylic acids is 1. The molecule has 1 atom stereocenters. The molecule has 0 radical (unpaired) electrons. The molecule has 6 nitrogen and oxygen atoms in total. The van der Waals surface area contributed by atoms with Gasteiger partial charge >= 0.3 is 0 Å². The van der Waals surface area contributed by atoms with Crippen molar-refractivity contribution in [1.82, 2.24) is 25.0 Å². The fourth-order valence-electron chi connectivity index (χ4n) is 4.09. The molecule has 1 saturated heterocycles. The molecule has 3 rings (SSSR count). The second kappa shape index (κ2) is 8.10. The maximum Gasteiger partial charge on any atom is 0.222 e. The highest BCUT2D eigenvalue weighted by Crippen LogP contribution is 2.31. The van der Waals surface area contributed by atoms with E-state index in [9.17, 15) is 4.79 Å². The van der Waals surface area contributed by atoms with Crippen molar-refractivity contribution in [2.45, 2.75) is 58.9 Å². The summed E-state index contributed by atoms with van der Waals surface area (Å²) in [6.45, 7) is 8.45. The lowest BCUT2D eigenvalue weighted by atomic mass is 9.79. The van der Waals surface area contributed by atoms with Gasteiger partial charge in [0, 0.05) is 32.6 Å². The zero-order valence-corrected chi connectivity index (χ0v) is 15.1. The Morgan fingerprint density at radius 3 is 2.54 bits per heavy atom. The fraction of sp³-hybridized carbons (Fsp3) is 0.833. The van der Waals surface area contributed by atoms with E-state index >= 15 is 0 Å². The molecule has 1 aromatic rings. The van der Waals surface area contributed by atoms with E-state index in [1.54, 1.807) is 0 Å².